The van der Waals surface area contributed by atoms with E-state index in [9.17, 15) is 20.2 Å². The normalized spacial score (nSPS) is 11.2. The Morgan fingerprint density at radius 1 is 0.438 bits per heavy atom. The number of non-ortho nitro benzene ring substituents is 2. The minimum Gasteiger partial charge on any atom is -0.275 e. The highest BCUT2D eigenvalue weighted by atomic mass is 16.6. The van der Waals surface area contributed by atoms with Crippen molar-refractivity contribution < 1.29 is 9.85 Å². The fourth-order valence-electron chi connectivity index (χ4n) is 6.29. The van der Waals surface area contributed by atoms with Crippen molar-refractivity contribution in [1.29, 1.82) is 0 Å². The molecular weight excluding hydrogens is 602 g/mol. The van der Waals surface area contributed by atoms with Crippen LogP contribution in [0.15, 0.2) is 164 Å². The number of nitrogens with zero attached hydrogens (tertiary/aromatic N) is 5. The van der Waals surface area contributed by atoms with Crippen molar-refractivity contribution in [1.82, 2.24) is 14.8 Å². The summed E-state index contributed by atoms with van der Waals surface area (Å²) in [4.78, 5) is 21.8. The fourth-order valence-corrected chi connectivity index (χ4v) is 6.29. The summed E-state index contributed by atoms with van der Waals surface area (Å²) in [5.41, 5.74) is 5.64. The predicted octanol–water partition coefficient (Wildman–Crippen LogP) is 8.80. The van der Waals surface area contributed by atoms with Crippen LogP contribution in [0.1, 0.15) is 22.3 Å². The van der Waals surface area contributed by atoms with Crippen LogP contribution in [-0.2, 0) is 5.41 Å². The summed E-state index contributed by atoms with van der Waals surface area (Å²) in [6.45, 7) is 0. The van der Waals surface area contributed by atoms with Crippen molar-refractivity contribution in [3.63, 3.8) is 0 Å². The fraction of sp³-hybridized carbons (Fsp3) is 0.0256. The molecule has 0 bridgehead atoms. The van der Waals surface area contributed by atoms with Crippen LogP contribution in [0.4, 0.5) is 11.4 Å². The number of benzene rings is 6. The lowest BCUT2D eigenvalue weighted by Gasteiger charge is -2.37. The van der Waals surface area contributed by atoms with E-state index in [2.05, 4.69) is 95.1 Å². The molecule has 6 aromatic carbocycles. The molecule has 0 aliphatic rings. The Bertz CT molecular complexity index is 2030. The molecule has 0 atom stereocenters. The van der Waals surface area contributed by atoms with E-state index in [1.807, 2.05) is 34.9 Å². The molecule has 0 radical (unpaired) electrons. The molecule has 0 N–H and O–H groups in total. The maximum Gasteiger partial charge on any atom is 0.269 e. The molecule has 9 heteroatoms. The number of hydrogen-bond acceptors (Lipinski definition) is 6. The van der Waals surface area contributed by atoms with E-state index in [0.717, 1.165) is 27.9 Å². The Labute approximate surface area is 275 Å². The standard InChI is InChI=1S/C39H27N5O4/c45-43(46)35-22-16-28(17-23-35)37-40-41-38(29-18-24-36(25-19-29)44(47)48)42(37)34-26-20-33(21-27-34)39(30-10-4-1-5-11-30,31-12-6-2-7-13-31)32-14-8-3-9-15-32/h1-27H. The maximum atomic E-state index is 11.3. The van der Waals surface area contributed by atoms with Gasteiger partial charge in [-0.15, -0.1) is 10.2 Å². The van der Waals surface area contributed by atoms with Gasteiger partial charge in [-0.25, -0.2) is 0 Å². The minimum absolute atomic E-state index is 0.0381. The number of nitro benzene ring substituents is 2. The molecule has 7 aromatic rings. The molecule has 48 heavy (non-hydrogen) atoms. The maximum absolute atomic E-state index is 11.3. The summed E-state index contributed by atoms with van der Waals surface area (Å²) >= 11 is 0. The Balaban J connectivity index is 1.43. The molecule has 9 nitrogen and oxygen atoms in total. The van der Waals surface area contributed by atoms with Crippen molar-refractivity contribution in [3.05, 3.63) is 206 Å². The first-order chi connectivity index (χ1) is 23.5. The Hall–Kier alpha value is -6.74. The van der Waals surface area contributed by atoms with Crippen molar-refractivity contribution in [2.45, 2.75) is 5.41 Å². The summed E-state index contributed by atoms with van der Waals surface area (Å²) in [6.07, 6.45) is 0. The number of nitro groups is 2. The van der Waals surface area contributed by atoms with Gasteiger partial charge in [0.15, 0.2) is 11.6 Å². The zero-order chi connectivity index (χ0) is 33.1. The highest BCUT2D eigenvalue weighted by Crippen LogP contribution is 2.45. The van der Waals surface area contributed by atoms with E-state index in [1.165, 1.54) is 24.3 Å². The van der Waals surface area contributed by atoms with E-state index < -0.39 is 15.3 Å². The zero-order valence-electron chi connectivity index (χ0n) is 25.5. The van der Waals surface area contributed by atoms with E-state index in [-0.39, 0.29) is 11.4 Å². The molecule has 0 fully saturated rings. The van der Waals surface area contributed by atoms with Crippen LogP contribution in [0.3, 0.4) is 0 Å². The summed E-state index contributed by atoms with van der Waals surface area (Å²) in [7, 11) is 0. The summed E-state index contributed by atoms with van der Waals surface area (Å²) in [5, 5.41) is 31.7. The average Bonchev–Trinajstić information content (AvgIpc) is 3.59. The largest absolute Gasteiger partial charge is 0.275 e. The van der Waals surface area contributed by atoms with Crippen molar-refractivity contribution in [2.75, 3.05) is 0 Å². The summed E-state index contributed by atoms with van der Waals surface area (Å²) < 4.78 is 1.86. The predicted molar refractivity (Wildman–Crippen MR) is 184 cm³/mol. The van der Waals surface area contributed by atoms with E-state index in [4.69, 9.17) is 0 Å². The van der Waals surface area contributed by atoms with Crippen LogP contribution in [-0.4, -0.2) is 24.6 Å². The van der Waals surface area contributed by atoms with Gasteiger partial charge in [0.2, 0.25) is 0 Å². The number of rotatable bonds is 9. The second-order valence-corrected chi connectivity index (χ2v) is 11.2. The summed E-state index contributed by atoms with van der Waals surface area (Å²) in [6, 6.07) is 51.7. The monoisotopic (exact) mass is 629 g/mol. The third-order valence-electron chi connectivity index (χ3n) is 8.51. The number of hydrogen-bond donors (Lipinski definition) is 0. The third-order valence-corrected chi connectivity index (χ3v) is 8.51. The lowest BCUT2D eigenvalue weighted by atomic mass is 9.65. The zero-order valence-corrected chi connectivity index (χ0v) is 25.5. The van der Waals surface area contributed by atoms with Gasteiger partial charge in [-0.2, -0.15) is 0 Å². The van der Waals surface area contributed by atoms with Crippen molar-refractivity contribution in [2.24, 2.45) is 0 Å². The van der Waals surface area contributed by atoms with Gasteiger partial charge in [0, 0.05) is 41.1 Å². The van der Waals surface area contributed by atoms with Gasteiger partial charge in [-0.3, -0.25) is 24.8 Å². The van der Waals surface area contributed by atoms with E-state index in [1.54, 1.807) is 24.3 Å². The van der Waals surface area contributed by atoms with E-state index in [0.29, 0.717) is 22.8 Å². The van der Waals surface area contributed by atoms with Crippen molar-refractivity contribution in [3.8, 4) is 28.5 Å². The Morgan fingerprint density at radius 3 is 1.10 bits per heavy atom. The molecule has 0 unspecified atom stereocenters. The molecule has 0 amide bonds. The SMILES string of the molecule is O=[N+]([O-])c1ccc(-c2nnc(-c3ccc([N+](=O)[O-])cc3)n2-c2ccc(C(c3ccccc3)(c3ccccc3)c3ccccc3)cc2)cc1. The van der Waals surface area contributed by atoms with Crippen LogP contribution < -0.4 is 0 Å². The molecule has 0 saturated carbocycles. The highest BCUT2D eigenvalue weighted by molar-refractivity contribution is 5.69. The molecule has 1 heterocycles. The highest BCUT2D eigenvalue weighted by Gasteiger charge is 2.38. The van der Waals surface area contributed by atoms with Gasteiger partial charge in [0.1, 0.15) is 0 Å². The first kappa shape index (κ1) is 29.9. The molecule has 1 aromatic heterocycles. The van der Waals surface area contributed by atoms with E-state index >= 15 is 0 Å². The lowest BCUT2D eigenvalue weighted by molar-refractivity contribution is -0.385. The summed E-state index contributed by atoms with van der Waals surface area (Å²) in [5.74, 6) is 0.929. The first-order valence-electron chi connectivity index (χ1n) is 15.2. The minimum atomic E-state index is -0.641. The van der Waals surface area contributed by atoms with Crippen LogP contribution in [0.25, 0.3) is 28.5 Å². The van der Waals surface area contributed by atoms with Gasteiger partial charge in [-0.1, -0.05) is 103 Å². The van der Waals surface area contributed by atoms with Crippen molar-refractivity contribution >= 4 is 11.4 Å². The third kappa shape index (κ3) is 5.29. The van der Waals surface area contributed by atoms with Crippen LogP contribution in [0.2, 0.25) is 0 Å². The molecular formula is C39H27N5O4. The van der Waals surface area contributed by atoms with Crippen LogP contribution >= 0.6 is 0 Å². The molecule has 7 rings (SSSR count). The lowest BCUT2D eigenvalue weighted by Crippen LogP contribution is -2.31. The van der Waals surface area contributed by atoms with Crippen LogP contribution in [0, 0.1) is 20.2 Å². The van der Waals surface area contributed by atoms with Crippen LogP contribution in [0.5, 0.6) is 0 Å². The Morgan fingerprint density at radius 2 is 0.771 bits per heavy atom. The van der Waals surface area contributed by atoms with Gasteiger partial charge < -0.3 is 0 Å². The molecule has 0 aliphatic carbocycles. The molecule has 0 spiro atoms. The quantitative estimate of drug-likeness (QED) is 0.0895. The second kappa shape index (κ2) is 12.6. The average molecular weight is 630 g/mol. The smallest absolute Gasteiger partial charge is 0.269 e. The molecule has 0 saturated heterocycles. The first-order valence-corrected chi connectivity index (χ1v) is 15.2. The molecule has 0 aliphatic heterocycles. The Kier molecular flexibility index (Phi) is 7.84. The molecule has 232 valence electrons. The topological polar surface area (TPSA) is 117 Å². The number of aromatic nitrogens is 3. The van der Waals surface area contributed by atoms with Gasteiger partial charge in [0.25, 0.3) is 11.4 Å². The van der Waals surface area contributed by atoms with Gasteiger partial charge in [-0.05, 0) is 58.7 Å². The second-order valence-electron chi connectivity index (χ2n) is 11.2. The van der Waals surface area contributed by atoms with Gasteiger partial charge in [0.05, 0.1) is 15.3 Å². The van der Waals surface area contributed by atoms with Gasteiger partial charge >= 0.3 is 0 Å².